The number of carbonyl (C=O) groups is 1. The molecule has 4 rings (SSSR count). The summed E-state index contributed by atoms with van der Waals surface area (Å²) >= 11 is 1.54. The minimum Gasteiger partial charge on any atom is -0.493 e. The lowest BCUT2D eigenvalue weighted by Gasteiger charge is -2.32. The number of hydrogen-bond donors (Lipinski definition) is 0. The van der Waals surface area contributed by atoms with E-state index in [1.165, 1.54) is 12.1 Å². The summed E-state index contributed by atoms with van der Waals surface area (Å²) in [6.45, 7) is 1.91. The molecule has 1 aliphatic rings. The summed E-state index contributed by atoms with van der Waals surface area (Å²) in [5.41, 5.74) is 3.42. The van der Waals surface area contributed by atoms with Crippen molar-refractivity contribution in [1.82, 2.24) is 9.88 Å². The van der Waals surface area contributed by atoms with E-state index in [0.717, 1.165) is 29.6 Å². The van der Waals surface area contributed by atoms with Crippen LogP contribution in [0.3, 0.4) is 0 Å². The zero-order valence-corrected chi connectivity index (χ0v) is 15.0. The summed E-state index contributed by atoms with van der Waals surface area (Å²) in [6, 6.07) is 11.8. The number of carbonyl (C=O) groups excluding carboxylic acids is 1. The summed E-state index contributed by atoms with van der Waals surface area (Å²) in [7, 11) is 0. The van der Waals surface area contributed by atoms with Crippen LogP contribution in [-0.2, 0) is 0 Å². The lowest BCUT2D eigenvalue weighted by Crippen LogP contribution is -2.41. The number of halogens is 1. The molecule has 4 nitrogen and oxygen atoms in total. The lowest BCUT2D eigenvalue weighted by molar-refractivity contribution is 0.0633. The third-order valence-corrected chi connectivity index (χ3v) is 5.46. The number of benzene rings is 2. The van der Waals surface area contributed by atoms with Gasteiger partial charge in [0.25, 0.3) is 5.91 Å². The van der Waals surface area contributed by atoms with Gasteiger partial charge in [-0.05, 0) is 43.2 Å². The van der Waals surface area contributed by atoms with E-state index in [2.05, 4.69) is 4.98 Å². The number of hydrogen-bond acceptors (Lipinski definition) is 4. The fourth-order valence-corrected chi connectivity index (χ4v) is 4.04. The molecule has 2 heterocycles. The number of nitrogens with zero attached hydrogens (tertiary/aromatic N) is 2. The first-order chi connectivity index (χ1) is 12.7. The molecule has 3 aromatic rings. The molecule has 1 aromatic heterocycles. The molecule has 0 spiro atoms. The number of aromatic nitrogens is 1. The third-order valence-electron chi connectivity index (χ3n) is 4.67. The van der Waals surface area contributed by atoms with Crippen molar-refractivity contribution in [3.63, 3.8) is 0 Å². The maximum absolute atomic E-state index is 13.2. The average Bonchev–Trinajstić information content (AvgIpc) is 3.14. The standard InChI is InChI=1S/C20H19FN2O2S/c21-16-4-1-5-17(10-16)25-12-14-3-2-8-23(11-14)20(24)15-6-7-18-19(9-15)26-13-22-18/h1,4-7,9-10,13-14H,2-3,8,11-12H2/t14-/m0/s1. The van der Waals surface area contributed by atoms with E-state index >= 15 is 0 Å². The first-order valence-corrected chi connectivity index (χ1v) is 9.58. The van der Waals surface area contributed by atoms with Gasteiger partial charge >= 0.3 is 0 Å². The molecule has 1 fully saturated rings. The zero-order valence-electron chi connectivity index (χ0n) is 14.2. The van der Waals surface area contributed by atoms with Crippen LogP contribution in [-0.4, -0.2) is 35.5 Å². The van der Waals surface area contributed by atoms with Gasteiger partial charge in [-0.2, -0.15) is 0 Å². The highest BCUT2D eigenvalue weighted by atomic mass is 32.1. The molecule has 0 bridgehead atoms. The Hall–Kier alpha value is -2.47. The molecule has 0 radical (unpaired) electrons. The molecular formula is C20H19FN2O2S. The molecule has 0 aliphatic carbocycles. The number of piperidine rings is 1. The second kappa shape index (κ2) is 7.41. The van der Waals surface area contributed by atoms with Crippen LogP contribution in [0.25, 0.3) is 10.2 Å². The maximum Gasteiger partial charge on any atom is 0.253 e. The van der Waals surface area contributed by atoms with Crippen molar-refractivity contribution >= 4 is 27.5 Å². The van der Waals surface area contributed by atoms with Crippen molar-refractivity contribution in [3.05, 3.63) is 59.4 Å². The van der Waals surface area contributed by atoms with E-state index in [1.807, 2.05) is 23.1 Å². The monoisotopic (exact) mass is 370 g/mol. The van der Waals surface area contributed by atoms with Crippen LogP contribution in [0.2, 0.25) is 0 Å². The normalized spacial score (nSPS) is 17.4. The summed E-state index contributed by atoms with van der Waals surface area (Å²) in [4.78, 5) is 19.0. The van der Waals surface area contributed by atoms with E-state index < -0.39 is 0 Å². The van der Waals surface area contributed by atoms with E-state index in [1.54, 1.807) is 29.0 Å². The number of thiazole rings is 1. The second-order valence-corrected chi connectivity index (χ2v) is 7.45. The van der Waals surface area contributed by atoms with Crippen LogP contribution in [0.1, 0.15) is 23.2 Å². The molecule has 0 N–H and O–H groups in total. The van der Waals surface area contributed by atoms with Gasteiger partial charge in [0.2, 0.25) is 0 Å². The Labute approximate surface area is 155 Å². The van der Waals surface area contributed by atoms with E-state index in [4.69, 9.17) is 4.74 Å². The molecule has 1 aliphatic heterocycles. The molecule has 1 atom stereocenters. The smallest absolute Gasteiger partial charge is 0.253 e. The Morgan fingerprint density at radius 2 is 2.23 bits per heavy atom. The largest absolute Gasteiger partial charge is 0.493 e. The van der Waals surface area contributed by atoms with Gasteiger partial charge in [-0.1, -0.05) is 6.07 Å². The van der Waals surface area contributed by atoms with Crippen LogP contribution in [0.5, 0.6) is 5.75 Å². The topological polar surface area (TPSA) is 42.4 Å². The van der Waals surface area contributed by atoms with Gasteiger partial charge in [-0.3, -0.25) is 4.79 Å². The average molecular weight is 370 g/mol. The van der Waals surface area contributed by atoms with Crippen molar-refractivity contribution in [3.8, 4) is 5.75 Å². The number of likely N-dealkylation sites (tertiary alicyclic amines) is 1. The number of rotatable bonds is 4. The minimum absolute atomic E-state index is 0.0516. The Bertz CT molecular complexity index is 927. The molecule has 1 amide bonds. The second-order valence-electron chi connectivity index (χ2n) is 6.56. The van der Waals surface area contributed by atoms with Crippen LogP contribution >= 0.6 is 11.3 Å². The van der Waals surface area contributed by atoms with Crippen molar-refractivity contribution < 1.29 is 13.9 Å². The molecular weight excluding hydrogens is 351 g/mol. The third kappa shape index (κ3) is 3.70. The molecule has 2 aromatic carbocycles. The highest BCUT2D eigenvalue weighted by Gasteiger charge is 2.25. The van der Waals surface area contributed by atoms with Gasteiger partial charge in [-0.15, -0.1) is 11.3 Å². The number of ether oxygens (including phenoxy) is 1. The fraction of sp³-hybridized carbons (Fsp3) is 0.300. The summed E-state index contributed by atoms with van der Waals surface area (Å²) in [5, 5.41) is 0. The predicted molar refractivity (Wildman–Crippen MR) is 100 cm³/mol. The van der Waals surface area contributed by atoms with Gasteiger partial charge in [0.1, 0.15) is 11.6 Å². The van der Waals surface area contributed by atoms with E-state index in [0.29, 0.717) is 24.5 Å². The number of amides is 1. The Morgan fingerprint density at radius 1 is 1.31 bits per heavy atom. The van der Waals surface area contributed by atoms with Crippen molar-refractivity contribution in [2.45, 2.75) is 12.8 Å². The van der Waals surface area contributed by atoms with Gasteiger partial charge in [0, 0.05) is 30.6 Å². The lowest BCUT2D eigenvalue weighted by atomic mass is 9.98. The first kappa shape index (κ1) is 17.0. The minimum atomic E-state index is -0.304. The zero-order chi connectivity index (χ0) is 17.9. The Kier molecular flexibility index (Phi) is 4.84. The molecule has 0 unspecified atom stereocenters. The SMILES string of the molecule is O=C(c1ccc2ncsc2c1)N1CCC[C@H](COc2cccc(F)c2)C1. The summed E-state index contributed by atoms with van der Waals surface area (Å²) in [5.74, 6) is 0.532. The highest BCUT2D eigenvalue weighted by Crippen LogP contribution is 2.23. The Balaban J connectivity index is 1.40. The molecule has 26 heavy (non-hydrogen) atoms. The molecule has 6 heteroatoms. The van der Waals surface area contributed by atoms with Crippen LogP contribution in [0, 0.1) is 11.7 Å². The van der Waals surface area contributed by atoms with E-state index in [-0.39, 0.29) is 17.6 Å². The first-order valence-electron chi connectivity index (χ1n) is 8.70. The molecule has 1 saturated heterocycles. The van der Waals surface area contributed by atoms with Crippen molar-refractivity contribution in [2.75, 3.05) is 19.7 Å². The van der Waals surface area contributed by atoms with Gasteiger partial charge in [-0.25, -0.2) is 9.37 Å². The van der Waals surface area contributed by atoms with Gasteiger partial charge in [0.05, 0.1) is 22.3 Å². The van der Waals surface area contributed by atoms with Crippen LogP contribution < -0.4 is 4.74 Å². The molecule has 0 saturated carbocycles. The van der Waals surface area contributed by atoms with E-state index in [9.17, 15) is 9.18 Å². The van der Waals surface area contributed by atoms with Crippen molar-refractivity contribution in [1.29, 1.82) is 0 Å². The fourth-order valence-electron chi connectivity index (χ4n) is 3.33. The Morgan fingerprint density at radius 3 is 3.12 bits per heavy atom. The number of fused-ring (bicyclic) bond motifs is 1. The van der Waals surface area contributed by atoms with Crippen LogP contribution in [0.4, 0.5) is 4.39 Å². The van der Waals surface area contributed by atoms with Crippen molar-refractivity contribution in [2.24, 2.45) is 5.92 Å². The maximum atomic E-state index is 13.2. The quantitative estimate of drug-likeness (QED) is 0.685. The summed E-state index contributed by atoms with van der Waals surface area (Å²) < 4.78 is 20.0. The summed E-state index contributed by atoms with van der Waals surface area (Å²) in [6.07, 6.45) is 1.96. The van der Waals surface area contributed by atoms with Gasteiger partial charge < -0.3 is 9.64 Å². The van der Waals surface area contributed by atoms with Crippen LogP contribution in [0.15, 0.2) is 48.0 Å². The predicted octanol–water partition coefficient (Wildman–Crippen LogP) is 4.37. The van der Waals surface area contributed by atoms with Gasteiger partial charge in [0.15, 0.2) is 0 Å². The highest BCUT2D eigenvalue weighted by molar-refractivity contribution is 7.16. The molecule has 134 valence electrons.